The third-order valence-corrected chi connectivity index (χ3v) is 2.32. The molecule has 2 rings (SSSR count). The lowest BCUT2D eigenvalue weighted by Gasteiger charge is -2.01. The van der Waals surface area contributed by atoms with Crippen LogP contribution in [-0.2, 0) is 6.42 Å². The van der Waals surface area contributed by atoms with Crippen molar-refractivity contribution in [1.29, 1.82) is 0 Å². The number of nitrogens with one attached hydrogen (secondary N) is 2. The predicted octanol–water partition coefficient (Wildman–Crippen LogP) is 0.122. The minimum atomic E-state index is -0.429. The lowest BCUT2D eigenvalue weighted by molar-refractivity contribution is 0.435. The minimum absolute atomic E-state index is 0.125. The van der Waals surface area contributed by atoms with E-state index in [1.54, 1.807) is 0 Å². The molecular weight excluding hydrogens is 210 g/mol. The molecule has 0 saturated heterocycles. The lowest BCUT2D eigenvalue weighted by atomic mass is 10.3. The van der Waals surface area contributed by atoms with Gasteiger partial charge in [0.05, 0.1) is 11.4 Å². The number of rotatable bonds is 2. The minimum Gasteiger partial charge on any atom is -0.493 e. The molecule has 0 spiro atoms. The Bertz CT molecular complexity index is 600. The topological polar surface area (TPSA) is 90.9 Å². The number of hydrogen-bond acceptors (Lipinski definition) is 3. The maximum absolute atomic E-state index is 11.6. The Morgan fingerprint density at radius 1 is 1.38 bits per heavy atom. The average Bonchev–Trinajstić information content (AvgIpc) is 2.56. The predicted molar refractivity (Wildman–Crippen MR) is 58.1 cm³/mol. The van der Waals surface area contributed by atoms with Gasteiger partial charge in [0.25, 0.3) is 0 Å². The number of pyridine rings is 1. The van der Waals surface area contributed by atoms with Crippen LogP contribution >= 0.6 is 0 Å². The largest absolute Gasteiger partial charge is 0.493 e. The fraction of sp³-hybridized carbons (Fsp3) is 0.200. The van der Waals surface area contributed by atoms with Gasteiger partial charge in [0.1, 0.15) is 0 Å². The second kappa shape index (κ2) is 3.73. The van der Waals surface area contributed by atoms with E-state index in [0.717, 1.165) is 4.57 Å². The van der Waals surface area contributed by atoms with Crippen LogP contribution < -0.4 is 11.2 Å². The molecule has 84 valence electrons. The molecule has 0 unspecified atom stereocenters. The van der Waals surface area contributed by atoms with Crippen molar-refractivity contribution in [2.24, 2.45) is 0 Å². The second-order valence-electron chi connectivity index (χ2n) is 3.33. The standard InChI is InChI=1S/C10H11N3O3/c1-2-7-9(15)13(10(16)12-7)6-3-4-8(14)11-5-6/h3-5,15H,2H2,1H3,(H,11,14)(H,12,16). The van der Waals surface area contributed by atoms with E-state index < -0.39 is 5.69 Å². The van der Waals surface area contributed by atoms with Gasteiger partial charge in [-0.1, -0.05) is 6.92 Å². The first-order valence-electron chi connectivity index (χ1n) is 4.85. The Labute approximate surface area is 90.2 Å². The van der Waals surface area contributed by atoms with Gasteiger partial charge < -0.3 is 15.1 Å². The van der Waals surface area contributed by atoms with Crippen molar-refractivity contribution >= 4 is 0 Å². The van der Waals surface area contributed by atoms with Gasteiger partial charge in [-0.25, -0.2) is 9.36 Å². The van der Waals surface area contributed by atoms with Gasteiger partial charge in [0.15, 0.2) is 0 Å². The summed E-state index contributed by atoms with van der Waals surface area (Å²) < 4.78 is 1.11. The van der Waals surface area contributed by atoms with Crippen LogP contribution in [0, 0.1) is 0 Å². The molecule has 0 aromatic carbocycles. The molecule has 0 fully saturated rings. The summed E-state index contributed by atoms with van der Waals surface area (Å²) in [4.78, 5) is 27.4. The van der Waals surface area contributed by atoms with Crippen LogP contribution in [0.2, 0.25) is 0 Å². The SMILES string of the molecule is CCc1[nH]c(=O)n(-c2ccc(=O)[nH]c2)c1O. The Hall–Kier alpha value is -2.24. The molecule has 0 aliphatic rings. The Morgan fingerprint density at radius 3 is 2.62 bits per heavy atom. The van der Waals surface area contributed by atoms with E-state index in [9.17, 15) is 14.7 Å². The molecule has 3 N–H and O–H groups in total. The van der Waals surface area contributed by atoms with E-state index in [-0.39, 0.29) is 11.4 Å². The number of aromatic hydroxyl groups is 1. The highest BCUT2D eigenvalue weighted by Gasteiger charge is 2.12. The highest BCUT2D eigenvalue weighted by molar-refractivity contribution is 5.35. The third-order valence-electron chi connectivity index (χ3n) is 2.32. The van der Waals surface area contributed by atoms with Crippen molar-refractivity contribution < 1.29 is 5.11 Å². The van der Waals surface area contributed by atoms with Crippen LogP contribution in [0.25, 0.3) is 5.69 Å². The van der Waals surface area contributed by atoms with E-state index in [0.29, 0.717) is 17.8 Å². The summed E-state index contributed by atoms with van der Waals surface area (Å²) >= 11 is 0. The zero-order valence-electron chi connectivity index (χ0n) is 8.65. The number of aromatic amines is 2. The van der Waals surface area contributed by atoms with Crippen LogP contribution in [-0.4, -0.2) is 19.6 Å². The van der Waals surface area contributed by atoms with Crippen LogP contribution in [0.1, 0.15) is 12.6 Å². The maximum Gasteiger partial charge on any atom is 0.333 e. The van der Waals surface area contributed by atoms with Crippen molar-refractivity contribution in [2.75, 3.05) is 0 Å². The molecule has 0 radical (unpaired) electrons. The maximum atomic E-state index is 11.6. The molecule has 0 aliphatic heterocycles. The van der Waals surface area contributed by atoms with Gasteiger partial charge >= 0.3 is 5.69 Å². The molecule has 6 heteroatoms. The first kappa shape index (κ1) is 10.3. The number of aryl methyl sites for hydroxylation is 1. The van der Waals surface area contributed by atoms with Crippen molar-refractivity contribution in [3.63, 3.8) is 0 Å². The van der Waals surface area contributed by atoms with Crippen LogP contribution in [0.15, 0.2) is 27.9 Å². The van der Waals surface area contributed by atoms with Gasteiger partial charge in [-0.3, -0.25) is 4.79 Å². The Kier molecular flexibility index (Phi) is 2.40. The number of aromatic nitrogens is 3. The molecule has 0 saturated carbocycles. The highest BCUT2D eigenvalue weighted by atomic mass is 16.3. The fourth-order valence-corrected chi connectivity index (χ4v) is 1.50. The quantitative estimate of drug-likeness (QED) is 0.672. The van der Waals surface area contributed by atoms with E-state index in [4.69, 9.17) is 0 Å². The summed E-state index contributed by atoms with van der Waals surface area (Å²) in [6.45, 7) is 1.82. The molecule has 2 aromatic rings. The zero-order chi connectivity index (χ0) is 11.7. The molecule has 2 heterocycles. The highest BCUT2D eigenvalue weighted by Crippen LogP contribution is 2.16. The van der Waals surface area contributed by atoms with Crippen LogP contribution in [0.3, 0.4) is 0 Å². The first-order chi connectivity index (χ1) is 7.63. The summed E-state index contributed by atoms with van der Waals surface area (Å²) in [7, 11) is 0. The van der Waals surface area contributed by atoms with Gasteiger partial charge in [0, 0.05) is 12.3 Å². The molecule has 0 bridgehead atoms. The summed E-state index contributed by atoms with van der Waals surface area (Å²) in [6, 6.07) is 2.76. The zero-order valence-corrected chi connectivity index (χ0v) is 8.65. The first-order valence-corrected chi connectivity index (χ1v) is 4.85. The molecule has 0 atom stereocenters. The Morgan fingerprint density at radius 2 is 2.12 bits per heavy atom. The Balaban J connectivity index is 2.64. The molecule has 0 aliphatic carbocycles. The van der Waals surface area contributed by atoms with Crippen molar-refractivity contribution in [3.8, 4) is 11.6 Å². The van der Waals surface area contributed by atoms with Crippen molar-refractivity contribution in [2.45, 2.75) is 13.3 Å². The number of nitrogens with zero attached hydrogens (tertiary/aromatic N) is 1. The lowest BCUT2D eigenvalue weighted by Crippen LogP contribution is -2.16. The molecule has 2 aromatic heterocycles. The summed E-state index contributed by atoms with van der Waals surface area (Å²) in [5.74, 6) is -0.125. The van der Waals surface area contributed by atoms with Crippen LogP contribution in [0.4, 0.5) is 0 Å². The summed E-state index contributed by atoms with van der Waals surface area (Å²) in [6.07, 6.45) is 1.90. The number of imidazole rings is 1. The van der Waals surface area contributed by atoms with E-state index in [1.807, 2.05) is 6.92 Å². The third kappa shape index (κ3) is 1.54. The number of hydrogen-bond donors (Lipinski definition) is 3. The van der Waals surface area contributed by atoms with Crippen LogP contribution in [0.5, 0.6) is 5.88 Å². The number of H-pyrrole nitrogens is 2. The molecule has 16 heavy (non-hydrogen) atoms. The van der Waals surface area contributed by atoms with Crippen molar-refractivity contribution in [1.82, 2.24) is 14.5 Å². The smallest absolute Gasteiger partial charge is 0.333 e. The molecule has 6 nitrogen and oxygen atoms in total. The van der Waals surface area contributed by atoms with E-state index in [1.165, 1.54) is 18.3 Å². The summed E-state index contributed by atoms with van der Waals surface area (Å²) in [5, 5.41) is 9.77. The normalized spacial score (nSPS) is 10.6. The van der Waals surface area contributed by atoms with Gasteiger partial charge in [-0.05, 0) is 12.5 Å². The van der Waals surface area contributed by atoms with E-state index >= 15 is 0 Å². The monoisotopic (exact) mass is 221 g/mol. The van der Waals surface area contributed by atoms with Gasteiger partial charge in [0.2, 0.25) is 11.4 Å². The van der Waals surface area contributed by atoms with Gasteiger partial charge in [-0.2, -0.15) is 0 Å². The average molecular weight is 221 g/mol. The molecule has 0 amide bonds. The second-order valence-corrected chi connectivity index (χ2v) is 3.33. The van der Waals surface area contributed by atoms with E-state index in [2.05, 4.69) is 9.97 Å². The fourth-order valence-electron chi connectivity index (χ4n) is 1.50. The summed E-state index contributed by atoms with van der Waals surface area (Å²) in [5.41, 5.74) is 0.193. The molecular formula is C10H11N3O3. The van der Waals surface area contributed by atoms with Gasteiger partial charge in [-0.15, -0.1) is 0 Å². The van der Waals surface area contributed by atoms with Crippen molar-refractivity contribution in [3.05, 3.63) is 44.9 Å².